The van der Waals surface area contributed by atoms with Crippen molar-refractivity contribution in [1.29, 1.82) is 0 Å². The summed E-state index contributed by atoms with van der Waals surface area (Å²) >= 11 is 0. The van der Waals surface area contributed by atoms with Gasteiger partial charge < -0.3 is 14.9 Å². The van der Waals surface area contributed by atoms with E-state index in [1.165, 1.54) is 12.1 Å². The summed E-state index contributed by atoms with van der Waals surface area (Å²) in [5.74, 6) is -2.38. The standard InChI is InChI=1S/C12H8N2O6/c15-9-6-3-1-2-4-7(6)10(16)14(9)20-11(17)8-5-19-12(18)13-8/h1-4,8H,5H2,(H,13,18)/t8-/m1/s1. The molecule has 0 saturated carbocycles. The first-order chi connectivity index (χ1) is 9.58. The summed E-state index contributed by atoms with van der Waals surface area (Å²) in [6.07, 6.45) is -0.755. The molecule has 1 saturated heterocycles. The molecule has 1 N–H and O–H groups in total. The number of hydroxylamine groups is 2. The first-order valence-corrected chi connectivity index (χ1v) is 5.71. The van der Waals surface area contributed by atoms with Crippen molar-refractivity contribution in [2.75, 3.05) is 6.61 Å². The van der Waals surface area contributed by atoms with Crippen LogP contribution in [0.15, 0.2) is 24.3 Å². The van der Waals surface area contributed by atoms with Crippen LogP contribution in [0.2, 0.25) is 0 Å². The average Bonchev–Trinajstić information content (AvgIpc) is 2.98. The topological polar surface area (TPSA) is 102 Å². The van der Waals surface area contributed by atoms with Crippen LogP contribution in [0.5, 0.6) is 0 Å². The van der Waals surface area contributed by atoms with Gasteiger partial charge in [0.2, 0.25) is 0 Å². The number of rotatable bonds is 2. The van der Waals surface area contributed by atoms with Crippen molar-refractivity contribution in [2.45, 2.75) is 6.04 Å². The maximum absolute atomic E-state index is 11.9. The summed E-state index contributed by atoms with van der Waals surface area (Å²) in [5.41, 5.74) is 0.328. The zero-order valence-electron chi connectivity index (χ0n) is 9.99. The zero-order valence-corrected chi connectivity index (χ0v) is 9.99. The minimum atomic E-state index is -1.04. The molecule has 1 fully saturated rings. The van der Waals surface area contributed by atoms with Gasteiger partial charge in [0.05, 0.1) is 11.1 Å². The van der Waals surface area contributed by atoms with E-state index >= 15 is 0 Å². The summed E-state index contributed by atoms with van der Waals surface area (Å²) in [7, 11) is 0. The van der Waals surface area contributed by atoms with Gasteiger partial charge in [0.1, 0.15) is 6.61 Å². The van der Waals surface area contributed by atoms with Gasteiger partial charge in [-0.05, 0) is 12.1 Å². The Balaban J connectivity index is 1.77. The van der Waals surface area contributed by atoms with Crippen LogP contribution in [0.4, 0.5) is 4.79 Å². The van der Waals surface area contributed by atoms with Gasteiger partial charge in [-0.1, -0.05) is 17.2 Å². The largest absolute Gasteiger partial charge is 0.447 e. The molecule has 3 amide bonds. The lowest BCUT2D eigenvalue weighted by Gasteiger charge is -2.14. The summed E-state index contributed by atoms with van der Waals surface area (Å²) in [6.45, 7) is -0.208. The molecule has 8 nitrogen and oxygen atoms in total. The van der Waals surface area contributed by atoms with E-state index < -0.39 is 29.9 Å². The highest BCUT2D eigenvalue weighted by Gasteiger charge is 2.41. The number of nitrogens with zero attached hydrogens (tertiary/aromatic N) is 1. The summed E-state index contributed by atoms with van der Waals surface area (Å²) in [6, 6.07) is 5.08. The lowest BCUT2D eigenvalue weighted by atomic mass is 10.1. The number of hydrogen-bond acceptors (Lipinski definition) is 6. The number of carbonyl (C=O) groups excluding carboxylic acids is 4. The van der Waals surface area contributed by atoms with Gasteiger partial charge in [-0.25, -0.2) is 9.59 Å². The fourth-order valence-corrected chi connectivity index (χ4v) is 1.92. The van der Waals surface area contributed by atoms with E-state index in [0.29, 0.717) is 5.06 Å². The molecule has 0 aromatic heterocycles. The molecule has 2 aliphatic rings. The quantitative estimate of drug-likeness (QED) is 0.753. The lowest BCUT2D eigenvalue weighted by molar-refractivity contribution is -0.170. The molecule has 0 aliphatic carbocycles. The van der Waals surface area contributed by atoms with Crippen LogP contribution in [-0.4, -0.2) is 41.6 Å². The van der Waals surface area contributed by atoms with E-state index in [0.717, 1.165) is 0 Å². The van der Waals surface area contributed by atoms with E-state index in [1.54, 1.807) is 12.1 Å². The number of fused-ring (bicyclic) bond motifs is 1. The highest BCUT2D eigenvalue weighted by molar-refractivity contribution is 6.20. The molecule has 0 unspecified atom stereocenters. The number of carbonyl (C=O) groups is 4. The minimum Gasteiger partial charge on any atom is -0.447 e. The van der Waals surface area contributed by atoms with Crippen molar-refractivity contribution >= 4 is 23.9 Å². The molecular weight excluding hydrogens is 268 g/mol. The normalized spacial score (nSPS) is 20.5. The van der Waals surface area contributed by atoms with Crippen LogP contribution < -0.4 is 5.32 Å². The smallest absolute Gasteiger partial charge is 0.408 e. The molecule has 0 radical (unpaired) electrons. The first-order valence-electron chi connectivity index (χ1n) is 5.71. The second-order valence-corrected chi connectivity index (χ2v) is 4.16. The van der Waals surface area contributed by atoms with Gasteiger partial charge in [-0.15, -0.1) is 0 Å². The number of hydrogen-bond donors (Lipinski definition) is 1. The number of cyclic esters (lactones) is 1. The van der Waals surface area contributed by atoms with E-state index in [-0.39, 0.29) is 17.7 Å². The Morgan fingerprint density at radius 1 is 1.20 bits per heavy atom. The van der Waals surface area contributed by atoms with Crippen LogP contribution in [0.3, 0.4) is 0 Å². The van der Waals surface area contributed by atoms with Crippen LogP contribution >= 0.6 is 0 Å². The van der Waals surface area contributed by atoms with Crippen molar-refractivity contribution in [3.8, 4) is 0 Å². The number of alkyl carbamates (subject to hydrolysis) is 1. The number of nitrogens with one attached hydrogen (secondary N) is 1. The lowest BCUT2D eigenvalue weighted by Crippen LogP contribution is -2.42. The maximum Gasteiger partial charge on any atom is 0.408 e. The molecule has 20 heavy (non-hydrogen) atoms. The summed E-state index contributed by atoms with van der Waals surface area (Å²) in [4.78, 5) is 51.2. The van der Waals surface area contributed by atoms with Crippen molar-refractivity contribution < 1.29 is 28.8 Å². The third-order valence-corrected chi connectivity index (χ3v) is 2.90. The molecule has 102 valence electrons. The molecule has 1 aromatic carbocycles. The Labute approximate surface area is 112 Å². The second kappa shape index (κ2) is 4.34. The van der Waals surface area contributed by atoms with Gasteiger partial charge in [0.25, 0.3) is 11.8 Å². The van der Waals surface area contributed by atoms with Gasteiger partial charge in [0.15, 0.2) is 6.04 Å². The molecular formula is C12H8N2O6. The van der Waals surface area contributed by atoms with Crippen LogP contribution in [0.1, 0.15) is 20.7 Å². The number of imide groups is 1. The fourth-order valence-electron chi connectivity index (χ4n) is 1.92. The van der Waals surface area contributed by atoms with Crippen LogP contribution in [0, 0.1) is 0 Å². The summed E-state index contributed by atoms with van der Waals surface area (Å²) < 4.78 is 4.53. The Hall–Kier alpha value is -2.90. The molecule has 0 bridgehead atoms. The molecule has 2 heterocycles. The Kier molecular flexibility index (Phi) is 2.63. The van der Waals surface area contributed by atoms with Crippen LogP contribution in [0.25, 0.3) is 0 Å². The third kappa shape index (κ3) is 1.78. The maximum atomic E-state index is 11.9. The molecule has 3 rings (SSSR count). The Morgan fingerprint density at radius 3 is 2.30 bits per heavy atom. The first kappa shape index (κ1) is 12.2. The SMILES string of the molecule is O=C1N[C@@H](C(=O)ON2C(=O)c3ccccc3C2=O)CO1. The van der Waals surface area contributed by atoms with Crippen molar-refractivity contribution in [3.05, 3.63) is 35.4 Å². The number of ether oxygens (including phenoxy) is 1. The van der Waals surface area contributed by atoms with E-state index in [4.69, 9.17) is 4.84 Å². The van der Waals surface area contributed by atoms with E-state index in [9.17, 15) is 19.2 Å². The Bertz CT molecular complexity index is 606. The monoisotopic (exact) mass is 276 g/mol. The minimum absolute atomic E-state index is 0.164. The third-order valence-electron chi connectivity index (χ3n) is 2.90. The van der Waals surface area contributed by atoms with Crippen molar-refractivity contribution in [3.63, 3.8) is 0 Å². The fraction of sp³-hybridized carbons (Fsp3) is 0.167. The predicted octanol–water partition coefficient (Wildman–Crippen LogP) is -0.151. The molecule has 1 aromatic rings. The van der Waals surface area contributed by atoms with Gasteiger partial charge in [-0.3, -0.25) is 9.59 Å². The molecule has 1 atom stereocenters. The average molecular weight is 276 g/mol. The van der Waals surface area contributed by atoms with Gasteiger partial charge in [-0.2, -0.15) is 0 Å². The van der Waals surface area contributed by atoms with E-state index in [2.05, 4.69) is 10.1 Å². The van der Waals surface area contributed by atoms with Crippen molar-refractivity contribution in [2.24, 2.45) is 0 Å². The number of amides is 3. The van der Waals surface area contributed by atoms with E-state index in [1.807, 2.05) is 0 Å². The van der Waals surface area contributed by atoms with Crippen LogP contribution in [-0.2, 0) is 14.4 Å². The summed E-state index contributed by atoms with van der Waals surface area (Å²) in [5, 5.41) is 2.58. The predicted molar refractivity (Wildman–Crippen MR) is 61.3 cm³/mol. The molecule has 8 heteroatoms. The highest BCUT2D eigenvalue weighted by Crippen LogP contribution is 2.22. The Morgan fingerprint density at radius 2 is 1.80 bits per heavy atom. The molecule has 2 aliphatic heterocycles. The zero-order chi connectivity index (χ0) is 14.3. The van der Waals surface area contributed by atoms with Crippen molar-refractivity contribution in [1.82, 2.24) is 10.4 Å². The molecule has 0 spiro atoms. The van der Waals surface area contributed by atoms with Gasteiger partial charge in [0, 0.05) is 0 Å². The number of benzene rings is 1. The highest BCUT2D eigenvalue weighted by atomic mass is 16.7. The second-order valence-electron chi connectivity index (χ2n) is 4.16. The van der Waals surface area contributed by atoms with Gasteiger partial charge >= 0.3 is 12.1 Å².